The fourth-order valence-corrected chi connectivity index (χ4v) is 1.89. The number of hydrogen-bond donors (Lipinski definition) is 1. The second-order valence-electron chi connectivity index (χ2n) is 4.30. The van der Waals surface area contributed by atoms with Gasteiger partial charge in [-0.15, -0.1) is 0 Å². The third-order valence-electron chi connectivity index (χ3n) is 2.73. The largest absolute Gasteiger partial charge is 0.439 e. The van der Waals surface area contributed by atoms with Crippen LogP contribution < -0.4 is 10.1 Å². The Hall–Kier alpha value is -1.39. The molecular formula is C15H17BrN2O. The van der Waals surface area contributed by atoms with E-state index in [4.69, 9.17) is 4.74 Å². The molecule has 19 heavy (non-hydrogen) atoms. The van der Waals surface area contributed by atoms with Gasteiger partial charge in [0.25, 0.3) is 0 Å². The highest BCUT2D eigenvalue weighted by atomic mass is 79.9. The van der Waals surface area contributed by atoms with Gasteiger partial charge in [-0.1, -0.05) is 28.9 Å². The molecule has 100 valence electrons. The summed E-state index contributed by atoms with van der Waals surface area (Å²) in [5.41, 5.74) is 2.29. The van der Waals surface area contributed by atoms with Gasteiger partial charge < -0.3 is 10.1 Å². The van der Waals surface area contributed by atoms with Crippen molar-refractivity contribution in [3.8, 4) is 11.6 Å². The molecule has 1 aromatic heterocycles. The van der Waals surface area contributed by atoms with Gasteiger partial charge in [0.15, 0.2) is 0 Å². The molecule has 1 N–H and O–H groups in total. The molecule has 0 saturated heterocycles. The van der Waals surface area contributed by atoms with E-state index in [2.05, 4.69) is 33.2 Å². The molecule has 0 saturated carbocycles. The smallest absolute Gasteiger partial charge is 0.219 e. The molecule has 0 fully saturated rings. The lowest BCUT2D eigenvalue weighted by Gasteiger charge is -2.07. The molecule has 0 unspecified atom stereocenters. The van der Waals surface area contributed by atoms with Crippen LogP contribution in [0.2, 0.25) is 0 Å². The molecular weight excluding hydrogens is 304 g/mol. The fraction of sp³-hybridized carbons (Fsp3) is 0.267. The van der Waals surface area contributed by atoms with E-state index in [1.54, 1.807) is 0 Å². The molecule has 2 aromatic rings. The van der Waals surface area contributed by atoms with Crippen LogP contribution in [0.4, 0.5) is 0 Å². The van der Waals surface area contributed by atoms with E-state index in [1.165, 1.54) is 0 Å². The monoisotopic (exact) mass is 320 g/mol. The van der Waals surface area contributed by atoms with E-state index < -0.39 is 0 Å². The molecule has 3 nitrogen and oxygen atoms in total. The lowest BCUT2D eigenvalue weighted by atomic mass is 10.2. The maximum atomic E-state index is 5.72. The maximum absolute atomic E-state index is 5.72. The van der Waals surface area contributed by atoms with Crippen molar-refractivity contribution in [2.24, 2.45) is 0 Å². The molecule has 0 atom stereocenters. The molecule has 2 rings (SSSR count). The van der Waals surface area contributed by atoms with E-state index in [-0.39, 0.29) is 0 Å². The summed E-state index contributed by atoms with van der Waals surface area (Å²) >= 11 is 3.47. The summed E-state index contributed by atoms with van der Waals surface area (Å²) in [6.45, 7) is 5.91. The van der Waals surface area contributed by atoms with Crippen molar-refractivity contribution in [1.29, 1.82) is 0 Å². The Kier molecular flexibility index (Phi) is 4.93. The van der Waals surface area contributed by atoms with Gasteiger partial charge in [-0.05, 0) is 42.8 Å². The molecule has 0 aliphatic heterocycles. The van der Waals surface area contributed by atoms with Gasteiger partial charge >= 0.3 is 0 Å². The molecule has 0 aliphatic rings. The van der Waals surface area contributed by atoms with Gasteiger partial charge in [-0.3, -0.25) is 0 Å². The molecule has 4 heteroatoms. The summed E-state index contributed by atoms with van der Waals surface area (Å²) in [5, 5.41) is 3.26. The average molecular weight is 321 g/mol. The normalized spacial score (nSPS) is 10.5. The topological polar surface area (TPSA) is 34.1 Å². The standard InChI is InChI=1S/C15H17BrN2O/c1-3-17-9-12-4-7-15(18-10-12)19-13-5-6-14(16)11(2)8-13/h4-8,10,17H,3,9H2,1-2H3. The Labute approximate surface area is 122 Å². The van der Waals surface area contributed by atoms with Crippen molar-refractivity contribution >= 4 is 15.9 Å². The lowest BCUT2D eigenvalue weighted by molar-refractivity contribution is 0.462. The molecule has 0 aliphatic carbocycles. The van der Waals surface area contributed by atoms with Crippen molar-refractivity contribution in [2.45, 2.75) is 20.4 Å². The van der Waals surface area contributed by atoms with Crippen LogP contribution in [0, 0.1) is 6.92 Å². The number of hydrogen-bond acceptors (Lipinski definition) is 3. The van der Waals surface area contributed by atoms with Crippen LogP contribution in [0.1, 0.15) is 18.1 Å². The van der Waals surface area contributed by atoms with E-state index in [0.29, 0.717) is 5.88 Å². The first kappa shape index (κ1) is 14.0. The van der Waals surface area contributed by atoms with Crippen molar-refractivity contribution in [3.63, 3.8) is 0 Å². The zero-order valence-corrected chi connectivity index (χ0v) is 12.7. The number of rotatable bonds is 5. The number of nitrogens with one attached hydrogen (secondary N) is 1. The summed E-state index contributed by atoms with van der Waals surface area (Å²) in [5.74, 6) is 1.41. The van der Waals surface area contributed by atoms with Gasteiger partial charge in [0.05, 0.1) is 0 Å². The van der Waals surface area contributed by atoms with Crippen LogP contribution in [0.15, 0.2) is 41.0 Å². The first-order valence-electron chi connectivity index (χ1n) is 6.28. The van der Waals surface area contributed by atoms with Crippen LogP contribution in [0.3, 0.4) is 0 Å². The lowest BCUT2D eigenvalue weighted by Crippen LogP contribution is -2.11. The molecule has 0 amide bonds. The van der Waals surface area contributed by atoms with Crippen LogP contribution in [0.5, 0.6) is 11.6 Å². The summed E-state index contributed by atoms with van der Waals surface area (Å²) in [4.78, 5) is 4.31. The highest BCUT2D eigenvalue weighted by Gasteiger charge is 2.01. The van der Waals surface area contributed by atoms with Crippen LogP contribution in [-0.2, 0) is 6.54 Å². The minimum absolute atomic E-state index is 0.613. The van der Waals surface area contributed by atoms with Crippen LogP contribution in [-0.4, -0.2) is 11.5 Å². The zero-order chi connectivity index (χ0) is 13.7. The Balaban J connectivity index is 2.04. The molecule has 1 aromatic carbocycles. The van der Waals surface area contributed by atoms with Crippen molar-refractivity contribution < 1.29 is 4.74 Å². The number of aromatic nitrogens is 1. The van der Waals surface area contributed by atoms with Crippen LogP contribution in [0.25, 0.3) is 0 Å². The van der Waals surface area contributed by atoms with E-state index in [9.17, 15) is 0 Å². The van der Waals surface area contributed by atoms with Crippen molar-refractivity contribution in [2.75, 3.05) is 6.54 Å². The minimum atomic E-state index is 0.613. The third kappa shape index (κ3) is 4.04. The quantitative estimate of drug-likeness (QED) is 0.902. The summed E-state index contributed by atoms with van der Waals surface area (Å²) in [6.07, 6.45) is 1.84. The SMILES string of the molecule is CCNCc1ccc(Oc2ccc(Br)c(C)c2)nc1. The van der Waals surface area contributed by atoms with E-state index in [0.717, 1.165) is 34.4 Å². The zero-order valence-electron chi connectivity index (χ0n) is 11.1. The molecule has 0 spiro atoms. The number of aryl methyl sites for hydroxylation is 1. The maximum Gasteiger partial charge on any atom is 0.219 e. The predicted octanol–water partition coefficient (Wildman–Crippen LogP) is 4.05. The number of ether oxygens (including phenoxy) is 1. The van der Waals surface area contributed by atoms with Gasteiger partial charge in [0.1, 0.15) is 5.75 Å². The first-order chi connectivity index (χ1) is 9.19. The molecule has 0 bridgehead atoms. The minimum Gasteiger partial charge on any atom is -0.439 e. The van der Waals surface area contributed by atoms with Gasteiger partial charge in [0.2, 0.25) is 5.88 Å². The Bertz CT molecular complexity index is 540. The van der Waals surface area contributed by atoms with E-state index >= 15 is 0 Å². The number of pyridine rings is 1. The van der Waals surface area contributed by atoms with Gasteiger partial charge in [0, 0.05) is 23.3 Å². The number of halogens is 1. The van der Waals surface area contributed by atoms with Gasteiger partial charge in [-0.25, -0.2) is 4.98 Å². The predicted molar refractivity (Wildman–Crippen MR) is 80.6 cm³/mol. The van der Waals surface area contributed by atoms with Crippen molar-refractivity contribution in [3.05, 3.63) is 52.1 Å². The second-order valence-corrected chi connectivity index (χ2v) is 5.15. The average Bonchev–Trinajstić information content (AvgIpc) is 2.42. The van der Waals surface area contributed by atoms with Crippen LogP contribution >= 0.6 is 15.9 Å². The Morgan fingerprint density at radius 2 is 2.11 bits per heavy atom. The number of nitrogens with zero attached hydrogens (tertiary/aromatic N) is 1. The van der Waals surface area contributed by atoms with Gasteiger partial charge in [-0.2, -0.15) is 0 Å². The first-order valence-corrected chi connectivity index (χ1v) is 7.08. The molecule has 0 radical (unpaired) electrons. The number of benzene rings is 1. The fourth-order valence-electron chi connectivity index (χ4n) is 1.65. The Morgan fingerprint density at radius 1 is 1.26 bits per heavy atom. The van der Waals surface area contributed by atoms with E-state index in [1.807, 2.05) is 43.5 Å². The highest BCUT2D eigenvalue weighted by molar-refractivity contribution is 9.10. The summed E-state index contributed by atoms with van der Waals surface area (Å²) in [7, 11) is 0. The third-order valence-corrected chi connectivity index (χ3v) is 3.62. The van der Waals surface area contributed by atoms with Crippen molar-refractivity contribution in [1.82, 2.24) is 10.3 Å². The second kappa shape index (κ2) is 6.68. The summed E-state index contributed by atoms with van der Waals surface area (Å²) in [6, 6.07) is 9.80. The highest BCUT2D eigenvalue weighted by Crippen LogP contribution is 2.25. The summed E-state index contributed by atoms with van der Waals surface area (Å²) < 4.78 is 6.80. The molecule has 1 heterocycles. The Morgan fingerprint density at radius 3 is 2.74 bits per heavy atom.